The molecular weight excluding hydrogens is 406 g/mol. The average Bonchev–Trinajstić information content (AvgIpc) is 2.82. The largest absolute Gasteiger partial charge is 0.494 e. The fourth-order valence-electron chi connectivity index (χ4n) is 3.68. The predicted octanol–water partition coefficient (Wildman–Crippen LogP) is 8.44. The standard InChI is InChI=1S/C28H32F2O2/c1-3-5-6-7-8-9-20-32-26-19-18-25(27(29)28(26)30)23-12-10-21(11-13-23)22-14-16-24(17-15-22)31-4-2/h10-19H,3-9,20H2,1-2H3. The third kappa shape index (κ3) is 6.32. The Bertz CT molecular complexity index is 966. The molecule has 3 rings (SSSR count). The minimum atomic E-state index is -0.927. The van der Waals surface area contributed by atoms with Gasteiger partial charge in [-0.2, -0.15) is 4.39 Å². The van der Waals surface area contributed by atoms with Gasteiger partial charge in [0.05, 0.1) is 13.2 Å². The number of rotatable bonds is 12. The van der Waals surface area contributed by atoms with E-state index in [1.807, 2.05) is 43.3 Å². The molecule has 0 amide bonds. The molecule has 0 bridgehead atoms. The summed E-state index contributed by atoms with van der Waals surface area (Å²) < 4.78 is 40.3. The van der Waals surface area contributed by atoms with Crippen molar-refractivity contribution in [2.75, 3.05) is 13.2 Å². The van der Waals surface area contributed by atoms with Gasteiger partial charge in [0.15, 0.2) is 11.6 Å². The lowest BCUT2D eigenvalue weighted by atomic mass is 9.99. The van der Waals surface area contributed by atoms with Crippen molar-refractivity contribution in [3.63, 3.8) is 0 Å². The van der Waals surface area contributed by atoms with Crippen LogP contribution in [0.1, 0.15) is 52.4 Å². The molecule has 32 heavy (non-hydrogen) atoms. The van der Waals surface area contributed by atoms with Crippen molar-refractivity contribution in [2.45, 2.75) is 52.4 Å². The average molecular weight is 439 g/mol. The van der Waals surface area contributed by atoms with Crippen molar-refractivity contribution >= 4 is 0 Å². The van der Waals surface area contributed by atoms with E-state index in [1.54, 1.807) is 18.2 Å². The lowest BCUT2D eigenvalue weighted by molar-refractivity contribution is 0.285. The van der Waals surface area contributed by atoms with Crippen LogP contribution in [-0.2, 0) is 0 Å². The van der Waals surface area contributed by atoms with Crippen molar-refractivity contribution in [2.24, 2.45) is 0 Å². The van der Waals surface area contributed by atoms with Crippen LogP contribution in [0.4, 0.5) is 8.78 Å². The molecule has 0 radical (unpaired) electrons. The molecule has 2 nitrogen and oxygen atoms in total. The molecule has 3 aromatic carbocycles. The third-order valence-electron chi connectivity index (χ3n) is 5.50. The van der Waals surface area contributed by atoms with Crippen LogP contribution in [0.25, 0.3) is 22.3 Å². The first-order chi connectivity index (χ1) is 15.6. The van der Waals surface area contributed by atoms with E-state index in [-0.39, 0.29) is 11.3 Å². The summed E-state index contributed by atoms with van der Waals surface area (Å²) in [7, 11) is 0. The zero-order valence-electron chi connectivity index (χ0n) is 19.0. The van der Waals surface area contributed by atoms with Crippen molar-refractivity contribution < 1.29 is 18.3 Å². The van der Waals surface area contributed by atoms with E-state index in [4.69, 9.17) is 9.47 Å². The van der Waals surface area contributed by atoms with Gasteiger partial charge in [-0.25, -0.2) is 4.39 Å². The third-order valence-corrected chi connectivity index (χ3v) is 5.50. The summed E-state index contributed by atoms with van der Waals surface area (Å²) in [4.78, 5) is 0. The fourth-order valence-corrected chi connectivity index (χ4v) is 3.68. The van der Waals surface area contributed by atoms with E-state index in [0.717, 1.165) is 36.1 Å². The van der Waals surface area contributed by atoms with Gasteiger partial charge in [0.1, 0.15) is 5.75 Å². The van der Waals surface area contributed by atoms with E-state index >= 15 is 0 Å². The Balaban J connectivity index is 1.63. The molecule has 0 aliphatic carbocycles. The van der Waals surface area contributed by atoms with Gasteiger partial charge in [0.2, 0.25) is 5.82 Å². The molecule has 0 aliphatic rings. The predicted molar refractivity (Wildman–Crippen MR) is 127 cm³/mol. The highest BCUT2D eigenvalue weighted by Crippen LogP contribution is 2.32. The van der Waals surface area contributed by atoms with Crippen LogP contribution in [0.3, 0.4) is 0 Å². The molecule has 0 fully saturated rings. The zero-order valence-corrected chi connectivity index (χ0v) is 19.0. The number of hydrogen-bond donors (Lipinski definition) is 0. The van der Waals surface area contributed by atoms with Gasteiger partial charge >= 0.3 is 0 Å². The zero-order chi connectivity index (χ0) is 22.8. The van der Waals surface area contributed by atoms with Crippen LogP contribution in [0, 0.1) is 11.6 Å². The van der Waals surface area contributed by atoms with Gasteiger partial charge in [-0.1, -0.05) is 75.4 Å². The van der Waals surface area contributed by atoms with Crippen LogP contribution in [0.15, 0.2) is 60.7 Å². The monoisotopic (exact) mass is 438 g/mol. The number of unbranched alkanes of at least 4 members (excludes halogenated alkanes) is 5. The SMILES string of the molecule is CCCCCCCCOc1ccc(-c2ccc(-c3ccc(OCC)cc3)cc2)c(F)c1F. The summed E-state index contributed by atoms with van der Waals surface area (Å²) in [6.07, 6.45) is 6.70. The molecule has 0 saturated carbocycles. The topological polar surface area (TPSA) is 18.5 Å². The van der Waals surface area contributed by atoms with Crippen LogP contribution >= 0.6 is 0 Å². The van der Waals surface area contributed by atoms with E-state index in [2.05, 4.69) is 6.92 Å². The van der Waals surface area contributed by atoms with Crippen molar-refractivity contribution in [1.82, 2.24) is 0 Å². The van der Waals surface area contributed by atoms with E-state index in [0.29, 0.717) is 18.8 Å². The van der Waals surface area contributed by atoms with Crippen molar-refractivity contribution in [1.29, 1.82) is 0 Å². The molecular formula is C28H32F2O2. The molecule has 0 atom stereocenters. The van der Waals surface area contributed by atoms with Crippen LogP contribution < -0.4 is 9.47 Å². The quantitative estimate of drug-likeness (QED) is 0.264. The van der Waals surface area contributed by atoms with Crippen LogP contribution in [-0.4, -0.2) is 13.2 Å². The maximum atomic E-state index is 14.7. The maximum Gasteiger partial charge on any atom is 0.201 e. The second kappa shape index (κ2) is 12.2. The number of benzene rings is 3. The molecule has 0 aliphatic heterocycles. The number of ether oxygens (including phenoxy) is 2. The Labute approximate surface area is 190 Å². The van der Waals surface area contributed by atoms with Crippen molar-refractivity contribution in [3.05, 3.63) is 72.3 Å². The van der Waals surface area contributed by atoms with E-state index in [1.165, 1.54) is 25.3 Å². The van der Waals surface area contributed by atoms with Gasteiger partial charge in [0.25, 0.3) is 0 Å². The molecule has 4 heteroatoms. The van der Waals surface area contributed by atoms with Gasteiger partial charge in [-0.05, 0) is 54.3 Å². The minimum Gasteiger partial charge on any atom is -0.494 e. The van der Waals surface area contributed by atoms with Gasteiger partial charge in [-0.3, -0.25) is 0 Å². The minimum absolute atomic E-state index is 0.0224. The van der Waals surface area contributed by atoms with Gasteiger partial charge in [0, 0.05) is 5.56 Å². The molecule has 0 N–H and O–H groups in total. The highest BCUT2D eigenvalue weighted by molar-refractivity contribution is 5.71. The lowest BCUT2D eigenvalue weighted by Crippen LogP contribution is -2.01. The first-order valence-corrected chi connectivity index (χ1v) is 11.6. The Kier molecular flexibility index (Phi) is 9.09. The number of halogens is 2. The Morgan fingerprint density at radius 3 is 1.84 bits per heavy atom. The van der Waals surface area contributed by atoms with Gasteiger partial charge in [-0.15, -0.1) is 0 Å². The lowest BCUT2D eigenvalue weighted by Gasteiger charge is -2.11. The summed E-state index contributed by atoms with van der Waals surface area (Å²) in [6.45, 7) is 5.15. The molecule has 0 unspecified atom stereocenters. The molecule has 0 saturated heterocycles. The maximum absolute atomic E-state index is 14.7. The highest BCUT2D eigenvalue weighted by Gasteiger charge is 2.16. The van der Waals surface area contributed by atoms with E-state index < -0.39 is 11.6 Å². The van der Waals surface area contributed by atoms with Crippen LogP contribution in [0.2, 0.25) is 0 Å². The summed E-state index contributed by atoms with van der Waals surface area (Å²) >= 11 is 0. The smallest absolute Gasteiger partial charge is 0.201 e. The Morgan fingerprint density at radius 1 is 0.594 bits per heavy atom. The van der Waals surface area contributed by atoms with Crippen LogP contribution in [0.5, 0.6) is 11.5 Å². The normalized spacial score (nSPS) is 10.9. The second-order valence-electron chi connectivity index (χ2n) is 7.89. The molecule has 0 spiro atoms. The summed E-state index contributed by atoms with van der Waals surface area (Å²) in [5, 5.41) is 0. The number of hydrogen-bond acceptors (Lipinski definition) is 2. The summed E-state index contributed by atoms with van der Waals surface area (Å²) in [5.74, 6) is -1.00. The molecule has 170 valence electrons. The first-order valence-electron chi connectivity index (χ1n) is 11.6. The van der Waals surface area contributed by atoms with E-state index in [9.17, 15) is 8.78 Å². The second-order valence-corrected chi connectivity index (χ2v) is 7.89. The molecule has 3 aromatic rings. The highest BCUT2D eigenvalue weighted by atomic mass is 19.2. The summed E-state index contributed by atoms with van der Waals surface area (Å²) in [6, 6.07) is 18.3. The fraction of sp³-hybridized carbons (Fsp3) is 0.357. The Hall–Kier alpha value is -2.88. The molecule has 0 aromatic heterocycles. The van der Waals surface area contributed by atoms with Crippen molar-refractivity contribution in [3.8, 4) is 33.8 Å². The summed E-state index contributed by atoms with van der Waals surface area (Å²) in [5.41, 5.74) is 2.88. The van der Waals surface area contributed by atoms with Gasteiger partial charge < -0.3 is 9.47 Å². The first kappa shape index (κ1) is 23.8. The molecule has 0 heterocycles. The Morgan fingerprint density at radius 2 is 1.19 bits per heavy atom.